The predicted molar refractivity (Wildman–Crippen MR) is 78.0 cm³/mol. The smallest absolute Gasteiger partial charge is 0.0757 e. The second kappa shape index (κ2) is 5.23. The van der Waals surface area contributed by atoms with E-state index in [-0.39, 0.29) is 0 Å². The highest BCUT2D eigenvalue weighted by Crippen LogP contribution is 2.21. The molecule has 4 nitrogen and oxygen atoms in total. The van der Waals surface area contributed by atoms with Crippen molar-refractivity contribution < 1.29 is 0 Å². The Labute approximate surface area is 117 Å². The maximum absolute atomic E-state index is 6.00. The molecule has 2 heterocycles. The highest BCUT2D eigenvalue weighted by molar-refractivity contribution is 6.30. The molecular weight excluding hydrogens is 260 g/mol. The molecule has 0 saturated carbocycles. The van der Waals surface area contributed by atoms with Gasteiger partial charge in [0.05, 0.1) is 23.8 Å². The van der Waals surface area contributed by atoms with Crippen molar-refractivity contribution in [2.45, 2.75) is 18.9 Å². The first kappa shape index (κ1) is 12.5. The Kier molecular flexibility index (Phi) is 3.44. The second-order valence-electron chi connectivity index (χ2n) is 4.95. The maximum atomic E-state index is 6.00. The van der Waals surface area contributed by atoms with E-state index < -0.39 is 0 Å². The number of piperidine rings is 1. The molecule has 1 aromatic carbocycles. The summed E-state index contributed by atoms with van der Waals surface area (Å²) in [4.78, 5) is 2.33. The van der Waals surface area contributed by atoms with E-state index in [1.165, 1.54) is 0 Å². The van der Waals surface area contributed by atoms with Crippen LogP contribution < -0.4 is 10.6 Å². The lowest BCUT2D eigenvalue weighted by Crippen LogP contribution is -2.39. The van der Waals surface area contributed by atoms with Gasteiger partial charge in [0.1, 0.15) is 0 Å². The van der Waals surface area contributed by atoms with E-state index in [4.69, 9.17) is 17.3 Å². The molecular formula is C14H17ClN4. The van der Waals surface area contributed by atoms with Crippen molar-refractivity contribution in [2.24, 2.45) is 5.73 Å². The van der Waals surface area contributed by atoms with Crippen molar-refractivity contribution in [3.05, 3.63) is 41.7 Å². The number of nitrogens with two attached hydrogens (primary N) is 1. The summed E-state index contributed by atoms with van der Waals surface area (Å²) in [5.41, 5.74) is 8.05. The molecule has 3 rings (SSSR count). The van der Waals surface area contributed by atoms with Crippen LogP contribution in [-0.4, -0.2) is 28.9 Å². The third kappa shape index (κ3) is 2.74. The molecule has 1 fully saturated rings. The molecule has 5 heteroatoms. The first-order valence-electron chi connectivity index (χ1n) is 6.53. The SMILES string of the molecule is NC1CCN(c2cnn(-c3cccc(Cl)c3)c2)CC1. The Morgan fingerprint density at radius 1 is 1.21 bits per heavy atom. The first-order chi connectivity index (χ1) is 9.22. The minimum absolute atomic E-state index is 0.347. The molecule has 1 aromatic heterocycles. The first-order valence-corrected chi connectivity index (χ1v) is 6.91. The zero-order chi connectivity index (χ0) is 13.2. The topological polar surface area (TPSA) is 47.1 Å². The quantitative estimate of drug-likeness (QED) is 0.917. The molecule has 1 aliphatic heterocycles. The minimum Gasteiger partial charge on any atom is -0.369 e. The van der Waals surface area contributed by atoms with Crippen LogP contribution in [0.25, 0.3) is 5.69 Å². The molecule has 0 unspecified atom stereocenters. The Bertz CT molecular complexity index is 558. The van der Waals surface area contributed by atoms with Crippen molar-refractivity contribution in [1.29, 1.82) is 0 Å². The molecule has 0 bridgehead atoms. The summed E-state index contributed by atoms with van der Waals surface area (Å²) in [5.74, 6) is 0. The van der Waals surface area contributed by atoms with Gasteiger partial charge in [-0.1, -0.05) is 17.7 Å². The summed E-state index contributed by atoms with van der Waals surface area (Å²) in [7, 11) is 0. The van der Waals surface area contributed by atoms with Gasteiger partial charge in [0, 0.05) is 24.2 Å². The fraction of sp³-hybridized carbons (Fsp3) is 0.357. The summed E-state index contributed by atoms with van der Waals surface area (Å²) in [6.45, 7) is 2.00. The van der Waals surface area contributed by atoms with Gasteiger partial charge in [-0.3, -0.25) is 0 Å². The molecule has 2 N–H and O–H groups in total. The molecule has 1 saturated heterocycles. The number of rotatable bonds is 2. The summed E-state index contributed by atoms with van der Waals surface area (Å²) < 4.78 is 1.86. The van der Waals surface area contributed by atoms with Gasteiger partial charge in [-0.15, -0.1) is 0 Å². The number of halogens is 1. The van der Waals surface area contributed by atoms with Gasteiger partial charge in [-0.05, 0) is 31.0 Å². The van der Waals surface area contributed by atoms with Gasteiger partial charge >= 0.3 is 0 Å². The molecule has 0 radical (unpaired) electrons. The van der Waals surface area contributed by atoms with Crippen molar-refractivity contribution in [3.8, 4) is 5.69 Å². The van der Waals surface area contributed by atoms with E-state index >= 15 is 0 Å². The van der Waals surface area contributed by atoms with E-state index in [1.54, 1.807) is 0 Å². The predicted octanol–water partition coefficient (Wildman–Crippen LogP) is 2.45. The van der Waals surface area contributed by atoms with E-state index in [0.29, 0.717) is 6.04 Å². The summed E-state index contributed by atoms with van der Waals surface area (Å²) in [5, 5.41) is 5.13. The zero-order valence-corrected chi connectivity index (χ0v) is 11.4. The van der Waals surface area contributed by atoms with Gasteiger partial charge in [0.15, 0.2) is 0 Å². The number of hydrogen-bond acceptors (Lipinski definition) is 3. The Balaban J connectivity index is 1.80. The van der Waals surface area contributed by atoms with Crippen molar-refractivity contribution in [3.63, 3.8) is 0 Å². The molecule has 19 heavy (non-hydrogen) atoms. The molecule has 2 aromatic rings. The average molecular weight is 277 g/mol. The highest BCUT2D eigenvalue weighted by Gasteiger charge is 2.17. The molecule has 1 aliphatic rings. The third-order valence-corrected chi connectivity index (χ3v) is 3.78. The number of hydrogen-bond donors (Lipinski definition) is 1. The third-order valence-electron chi connectivity index (χ3n) is 3.55. The lowest BCUT2D eigenvalue weighted by Gasteiger charge is -2.30. The zero-order valence-electron chi connectivity index (χ0n) is 10.7. The van der Waals surface area contributed by atoms with E-state index in [9.17, 15) is 0 Å². The lowest BCUT2D eigenvalue weighted by atomic mass is 10.1. The molecule has 100 valence electrons. The van der Waals surface area contributed by atoms with Crippen LogP contribution in [0.3, 0.4) is 0 Å². The fourth-order valence-electron chi connectivity index (χ4n) is 2.39. The summed E-state index contributed by atoms with van der Waals surface area (Å²) in [6, 6.07) is 8.04. The summed E-state index contributed by atoms with van der Waals surface area (Å²) >= 11 is 6.00. The van der Waals surface area contributed by atoms with E-state index in [0.717, 1.165) is 42.3 Å². The van der Waals surface area contributed by atoms with Crippen LogP contribution in [-0.2, 0) is 0 Å². The highest BCUT2D eigenvalue weighted by atomic mass is 35.5. The van der Waals surface area contributed by atoms with Gasteiger partial charge in [0.25, 0.3) is 0 Å². The Hall–Kier alpha value is -1.52. The van der Waals surface area contributed by atoms with Gasteiger partial charge in [-0.2, -0.15) is 5.10 Å². The van der Waals surface area contributed by atoms with Gasteiger partial charge in [0.2, 0.25) is 0 Å². The van der Waals surface area contributed by atoms with Crippen LogP contribution in [0.2, 0.25) is 5.02 Å². The lowest BCUT2D eigenvalue weighted by molar-refractivity contribution is 0.501. The van der Waals surface area contributed by atoms with Crippen LogP contribution in [0.5, 0.6) is 0 Å². The van der Waals surface area contributed by atoms with Crippen LogP contribution >= 0.6 is 11.6 Å². The monoisotopic (exact) mass is 276 g/mol. The van der Waals surface area contributed by atoms with Crippen LogP contribution in [0.4, 0.5) is 5.69 Å². The summed E-state index contributed by atoms with van der Waals surface area (Å²) in [6.07, 6.45) is 6.03. The largest absolute Gasteiger partial charge is 0.369 e. The minimum atomic E-state index is 0.347. The van der Waals surface area contributed by atoms with E-state index in [1.807, 2.05) is 41.3 Å². The van der Waals surface area contributed by atoms with Crippen molar-refractivity contribution in [2.75, 3.05) is 18.0 Å². The number of benzene rings is 1. The van der Waals surface area contributed by atoms with E-state index in [2.05, 4.69) is 10.00 Å². The maximum Gasteiger partial charge on any atom is 0.0757 e. The number of nitrogens with zero attached hydrogens (tertiary/aromatic N) is 3. The van der Waals surface area contributed by atoms with Crippen LogP contribution in [0.1, 0.15) is 12.8 Å². The van der Waals surface area contributed by atoms with Crippen LogP contribution in [0, 0.1) is 0 Å². The van der Waals surface area contributed by atoms with Crippen molar-refractivity contribution in [1.82, 2.24) is 9.78 Å². The van der Waals surface area contributed by atoms with Crippen LogP contribution in [0.15, 0.2) is 36.7 Å². The fourth-order valence-corrected chi connectivity index (χ4v) is 2.58. The molecule has 0 spiro atoms. The normalized spacial score (nSPS) is 16.8. The van der Waals surface area contributed by atoms with Gasteiger partial charge in [-0.25, -0.2) is 4.68 Å². The second-order valence-corrected chi connectivity index (χ2v) is 5.38. The average Bonchev–Trinajstić information content (AvgIpc) is 2.89. The Morgan fingerprint density at radius 2 is 2.00 bits per heavy atom. The number of aromatic nitrogens is 2. The standard InChI is InChI=1S/C14H17ClN4/c15-11-2-1-3-13(8-11)19-10-14(9-17-19)18-6-4-12(16)5-7-18/h1-3,8-10,12H,4-7,16H2. The molecule has 0 amide bonds. The molecule has 0 aliphatic carbocycles. The van der Waals surface area contributed by atoms with Gasteiger partial charge < -0.3 is 10.6 Å². The Morgan fingerprint density at radius 3 is 2.74 bits per heavy atom. The molecule has 0 atom stereocenters. The number of anilines is 1. The van der Waals surface area contributed by atoms with Crippen molar-refractivity contribution >= 4 is 17.3 Å².